The van der Waals surface area contributed by atoms with Crippen molar-refractivity contribution in [3.8, 4) is 0 Å². The Morgan fingerprint density at radius 1 is 0.786 bits per heavy atom. The standard InChI is InChI=1S/C20H16N2O5S/c23-19(15-9-3-1-4-10-15)21-22(18-14-8-7-13-17(18)20(24)25)28(26,27)16-11-5-2-6-12-16/h1-14H,(H,21,23)(H,24,25). The van der Waals surface area contributed by atoms with Crippen molar-refractivity contribution in [2.45, 2.75) is 4.90 Å². The van der Waals surface area contributed by atoms with Gasteiger partial charge in [-0.3, -0.25) is 4.79 Å². The van der Waals surface area contributed by atoms with E-state index < -0.39 is 21.9 Å². The number of carbonyl (C=O) groups excluding carboxylic acids is 1. The van der Waals surface area contributed by atoms with Gasteiger partial charge in [0.25, 0.3) is 15.9 Å². The number of anilines is 1. The molecular weight excluding hydrogens is 380 g/mol. The molecule has 0 spiro atoms. The van der Waals surface area contributed by atoms with E-state index in [9.17, 15) is 23.1 Å². The topological polar surface area (TPSA) is 104 Å². The molecule has 8 heteroatoms. The van der Waals surface area contributed by atoms with Gasteiger partial charge in [-0.15, -0.1) is 0 Å². The monoisotopic (exact) mass is 396 g/mol. The Balaban J connectivity index is 2.12. The van der Waals surface area contributed by atoms with Crippen LogP contribution in [-0.2, 0) is 10.0 Å². The molecule has 0 fully saturated rings. The van der Waals surface area contributed by atoms with Crippen LogP contribution in [0.2, 0.25) is 0 Å². The van der Waals surface area contributed by atoms with Gasteiger partial charge in [-0.2, -0.15) is 12.8 Å². The van der Waals surface area contributed by atoms with E-state index in [1.165, 1.54) is 60.7 Å². The fourth-order valence-electron chi connectivity index (χ4n) is 2.53. The Labute approximate surface area is 161 Å². The molecule has 0 bridgehead atoms. The molecule has 0 aliphatic carbocycles. The summed E-state index contributed by atoms with van der Waals surface area (Å²) in [7, 11) is -4.28. The number of rotatable bonds is 6. The first-order chi connectivity index (χ1) is 13.4. The summed E-state index contributed by atoms with van der Waals surface area (Å²) >= 11 is 0. The van der Waals surface area contributed by atoms with Crippen LogP contribution in [0, 0.1) is 0 Å². The predicted octanol–water partition coefficient (Wildman–Crippen LogP) is 2.93. The first-order valence-corrected chi connectivity index (χ1v) is 9.64. The third-order valence-corrected chi connectivity index (χ3v) is 5.51. The second-order valence-corrected chi connectivity index (χ2v) is 7.50. The molecule has 2 N–H and O–H groups in total. The van der Waals surface area contributed by atoms with Crippen molar-refractivity contribution in [2.75, 3.05) is 4.41 Å². The first-order valence-electron chi connectivity index (χ1n) is 8.20. The van der Waals surface area contributed by atoms with Crippen LogP contribution < -0.4 is 9.84 Å². The van der Waals surface area contributed by atoms with E-state index in [1.54, 1.807) is 24.3 Å². The van der Waals surface area contributed by atoms with Crippen molar-refractivity contribution in [3.63, 3.8) is 0 Å². The van der Waals surface area contributed by atoms with Crippen LogP contribution in [0.15, 0.2) is 89.8 Å². The van der Waals surface area contributed by atoms with Gasteiger partial charge in [-0.05, 0) is 36.4 Å². The molecule has 0 atom stereocenters. The van der Waals surface area contributed by atoms with Crippen molar-refractivity contribution in [1.82, 2.24) is 5.43 Å². The number of para-hydroxylation sites is 1. The highest BCUT2D eigenvalue weighted by Gasteiger charge is 2.30. The van der Waals surface area contributed by atoms with Crippen LogP contribution in [0.4, 0.5) is 5.69 Å². The summed E-state index contributed by atoms with van der Waals surface area (Å²) in [4.78, 5) is 24.1. The number of carboxylic acids is 1. The van der Waals surface area contributed by atoms with E-state index in [0.29, 0.717) is 4.41 Å². The van der Waals surface area contributed by atoms with Gasteiger partial charge in [0.2, 0.25) is 0 Å². The summed E-state index contributed by atoms with van der Waals surface area (Å²) < 4.78 is 27.0. The molecule has 0 heterocycles. The second kappa shape index (κ2) is 7.93. The predicted molar refractivity (Wildman–Crippen MR) is 103 cm³/mol. The van der Waals surface area contributed by atoms with E-state index in [-0.39, 0.29) is 21.7 Å². The third-order valence-electron chi connectivity index (χ3n) is 3.87. The van der Waals surface area contributed by atoms with Crippen molar-refractivity contribution in [3.05, 3.63) is 96.1 Å². The van der Waals surface area contributed by atoms with Gasteiger partial charge in [0.05, 0.1) is 16.1 Å². The fourth-order valence-corrected chi connectivity index (χ4v) is 3.86. The smallest absolute Gasteiger partial charge is 0.337 e. The number of aromatic carboxylic acids is 1. The third kappa shape index (κ3) is 3.86. The molecule has 0 aliphatic heterocycles. The van der Waals surface area contributed by atoms with Crippen LogP contribution in [-0.4, -0.2) is 25.4 Å². The summed E-state index contributed by atoms with van der Waals surface area (Å²) in [6, 6.07) is 21.0. The van der Waals surface area contributed by atoms with Crippen molar-refractivity contribution in [1.29, 1.82) is 0 Å². The van der Waals surface area contributed by atoms with Gasteiger partial charge in [0.15, 0.2) is 0 Å². The number of hydrogen-bond acceptors (Lipinski definition) is 4. The lowest BCUT2D eigenvalue weighted by atomic mass is 10.2. The summed E-state index contributed by atoms with van der Waals surface area (Å²) in [5, 5.41) is 9.47. The molecule has 0 aliphatic rings. The molecule has 0 unspecified atom stereocenters. The maximum absolute atomic E-state index is 13.2. The van der Waals surface area contributed by atoms with E-state index in [0.717, 1.165) is 0 Å². The van der Waals surface area contributed by atoms with E-state index in [4.69, 9.17) is 0 Å². The van der Waals surface area contributed by atoms with Crippen molar-refractivity contribution in [2.24, 2.45) is 0 Å². The Kier molecular flexibility index (Phi) is 5.42. The fraction of sp³-hybridized carbons (Fsp3) is 0. The van der Waals surface area contributed by atoms with Gasteiger partial charge >= 0.3 is 5.97 Å². The molecule has 3 aromatic carbocycles. The quantitative estimate of drug-likeness (QED) is 0.624. The maximum Gasteiger partial charge on any atom is 0.337 e. The lowest BCUT2D eigenvalue weighted by molar-refractivity contribution is 0.0696. The Hall–Kier alpha value is -3.65. The van der Waals surface area contributed by atoms with E-state index in [2.05, 4.69) is 5.43 Å². The van der Waals surface area contributed by atoms with Gasteiger partial charge in [-0.25, -0.2) is 10.2 Å². The average molecular weight is 396 g/mol. The van der Waals surface area contributed by atoms with E-state index in [1.807, 2.05) is 0 Å². The molecule has 1 amide bonds. The molecule has 3 aromatic rings. The lowest BCUT2D eigenvalue weighted by Gasteiger charge is -2.26. The van der Waals surface area contributed by atoms with E-state index >= 15 is 0 Å². The molecule has 142 valence electrons. The number of benzene rings is 3. The van der Waals surface area contributed by atoms with Gasteiger partial charge in [0, 0.05) is 5.56 Å². The zero-order chi connectivity index (χ0) is 20.1. The highest BCUT2D eigenvalue weighted by molar-refractivity contribution is 7.92. The van der Waals surface area contributed by atoms with Crippen molar-refractivity contribution < 1.29 is 23.1 Å². The summed E-state index contributed by atoms with van der Waals surface area (Å²) in [6.45, 7) is 0. The molecule has 28 heavy (non-hydrogen) atoms. The molecule has 0 saturated carbocycles. The summed E-state index contributed by atoms with van der Waals surface area (Å²) in [6.07, 6.45) is 0. The Bertz CT molecular complexity index is 1100. The van der Waals surface area contributed by atoms with Crippen LogP contribution in [0.1, 0.15) is 20.7 Å². The largest absolute Gasteiger partial charge is 0.478 e. The van der Waals surface area contributed by atoms with Gasteiger partial charge in [-0.1, -0.05) is 48.5 Å². The Morgan fingerprint density at radius 2 is 1.32 bits per heavy atom. The number of hydrogen-bond donors (Lipinski definition) is 2. The minimum absolute atomic E-state index is 0.0939. The molecular formula is C20H16N2O5S. The second-order valence-electron chi connectivity index (χ2n) is 5.71. The summed E-state index contributed by atoms with van der Waals surface area (Å²) in [5.41, 5.74) is 2.11. The molecule has 3 rings (SSSR count). The average Bonchev–Trinajstić information content (AvgIpc) is 2.73. The highest BCUT2D eigenvalue weighted by atomic mass is 32.2. The number of carboxylic acid groups (broad SMARTS) is 1. The number of hydrazine groups is 1. The highest BCUT2D eigenvalue weighted by Crippen LogP contribution is 2.26. The molecule has 0 saturated heterocycles. The zero-order valence-electron chi connectivity index (χ0n) is 14.5. The first kappa shape index (κ1) is 19.1. The van der Waals surface area contributed by atoms with Crippen LogP contribution in [0.5, 0.6) is 0 Å². The number of amides is 1. The van der Waals surface area contributed by atoms with Crippen LogP contribution in [0.25, 0.3) is 0 Å². The van der Waals surface area contributed by atoms with Gasteiger partial charge in [0.1, 0.15) is 0 Å². The number of nitrogens with one attached hydrogen (secondary N) is 1. The lowest BCUT2D eigenvalue weighted by Crippen LogP contribution is -2.47. The minimum atomic E-state index is -4.28. The minimum Gasteiger partial charge on any atom is -0.478 e. The zero-order valence-corrected chi connectivity index (χ0v) is 15.3. The van der Waals surface area contributed by atoms with Crippen LogP contribution >= 0.6 is 0 Å². The normalized spacial score (nSPS) is 10.9. The number of sulfonamides is 1. The SMILES string of the molecule is O=C(NN(c1ccccc1C(=O)O)S(=O)(=O)c1ccccc1)c1ccccc1. The van der Waals surface area contributed by atoms with Crippen LogP contribution in [0.3, 0.4) is 0 Å². The molecule has 0 radical (unpaired) electrons. The molecule has 0 aromatic heterocycles. The maximum atomic E-state index is 13.2. The number of nitrogens with zero attached hydrogens (tertiary/aromatic N) is 1. The summed E-state index contributed by atoms with van der Waals surface area (Å²) in [5.74, 6) is -2.02. The van der Waals surface area contributed by atoms with Gasteiger partial charge < -0.3 is 5.11 Å². The number of carbonyl (C=O) groups is 2. The Morgan fingerprint density at radius 3 is 1.93 bits per heavy atom. The van der Waals surface area contributed by atoms with Crippen molar-refractivity contribution >= 4 is 27.6 Å². The molecule has 7 nitrogen and oxygen atoms in total.